The summed E-state index contributed by atoms with van der Waals surface area (Å²) in [4.78, 5) is 11.1. The van der Waals surface area contributed by atoms with Gasteiger partial charge in [-0.2, -0.15) is 0 Å². The van der Waals surface area contributed by atoms with E-state index in [0.717, 1.165) is 29.0 Å². The molecule has 0 unspecified atom stereocenters. The van der Waals surface area contributed by atoms with Crippen LogP contribution in [0.1, 0.15) is 16.7 Å². The molecule has 122 valence electrons. The third-order valence-electron chi connectivity index (χ3n) is 3.44. The monoisotopic (exact) mass is 351 g/mol. The van der Waals surface area contributed by atoms with Gasteiger partial charge < -0.3 is 0 Å². The third kappa shape index (κ3) is 4.33. The van der Waals surface area contributed by atoms with Crippen LogP contribution in [0.4, 0.5) is 5.69 Å². The quantitative estimate of drug-likeness (QED) is 0.464. The summed E-state index contributed by atoms with van der Waals surface area (Å²) < 4.78 is 23.1. The van der Waals surface area contributed by atoms with Crippen LogP contribution in [0.2, 0.25) is 0 Å². The van der Waals surface area contributed by atoms with E-state index in [-0.39, 0.29) is 10.6 Å². The Labute approximate surface area is 139 Å². The smallest absolute Gasteiger partial charge is 0.258 e. The van der Waals surface area contributed by atoms with Crippen molar-refractivity contribution in [3.8, 4) is 0 Å². The molecule has 2 aromatic carbocycles. The number of sulfone groups is 1. The van der Waals surface area contributed by atoms with Crippen molar-refractivity contribution in [2.24, 2.45) is 0 Å². The second kappa shape index (κ2) is 6.72. The van der Waals surface area contributed by atoms with Gasteiger partial charge in [0.25, 0.3) is 5.69 Å². The summed E-state index contributed by atoms with van der Waals surface area (Å²) in [6.45, 7) is 3.99. The van der Waals surface area contributed by atoms with Gasteiger partial charge in [-0.05, 0) is 37.1 Å². The van der Waals surface area contributed by atoms with E-state index >= 15 is 0 Å². The van der Waals surface area contributed by atoms with Crippen molar-refractivity contribution >= 4 is 27.3 Å². The van der Waals surface area contributed by atoms with Crippen molar-refractivity contribution in [3.63, 3.8) is 0 Å². The van der Waals surface area contributed by atoms with Crippen LogP contribution in [-0.4, -0.2) is 19.6 Å². The number of rotatable bonds is 5. The second-order valence-electron chi connectivity index (χ2n) is 5.38. The second-order valence-corrected chi connectivity index (χ2v) is 8.41. The Balaban J connectivity index is 2.33. The SMILES string of the molecule is Cc1ccc(C)c(CSc2ccc(S(C)(=O)=O)cc2[N+](=O)[O-])c1. The molecule has 0 amide bonds. The summed E-state index contributed by atoms with van der Waals surface area (Å²) in [5.74, 6) is 0.590. The molecule has 0 aromatic heterocycles. The molecule has 2 aromatic rings. The minimum absolute atomic E-state index is 0.0414. The van der Waals surface area contributed by atoms with Crippen molar-refractivity contribution in [2.45, 2.75) is 29.4 Å². The van der Waals surface area contributed by atoms with E-state index in [1.807, 2.05) is 26.0 Å². The number of nitro benzene ring substituents is 1. The van der Waals surface area contributed by atoms with Gasteiger partial charge in [0.2, 0.25) is 0 Å². The molecule has 0 aliphatic carbocycles. The molecule has 7 heteroatoms. The molecule has 0 aliphatic rings. The molecule has 0 saturated heterocycles. The Bertz CT molecular complexity index is 860. The highest BCUT2D eigenvalue weighted by Crippen LogP contribution is 2.34. The highest BCUT2D eigenvalue weighted by molar-refractivity contribution is 7.98. The zero-order chi connectivity index (χ0) is 17.2. The number of benzene rings is 2. The van der Waals surface area contributed by atoms with Crippen molar-refractivity contribution < 1.29 is 13.3 Å². The first-order valence-corrected chi connectivity index (χ1v) is 9.73. The molecular weight excluding hydrogens is 334 g/mol. The number of hydrogen-bond donors (Lipinski definition) is 0. The summed E-state index contributed by atoms with van der Waals surface area (Å²) in [7, 11) is -3.47. The molecule has 2 rings (SSSR count). The van der Waals surface area contributed by atoms with Gasteiger partial charge in [0.1, 0.15) is 0 Å². The Morgan fingerprint density at radius 2 is 1.83 bits per heavy atom. The first-order valence-electron chi connectivity index (χ1n) is 6.86. The lowest BCUT2D eigenvalue weighted by Gasteiger charge is -2.08. The zero-order valence-corrected chi connectivity index (χ0v) is 14.7. The summed E-state index contributed by atoms with van der Waals surface area (Å²) in [5.41, 5.74) is 3.19. The number of aryl methyl sites for hydroxylation is 2. The highest BCUT2D eigenvalue weighted by Gasteiger charge is 2.19. The molecule has 0 spiro atoms. The summed E-state index contributed by atoms with van der Waals surface area (Å²) >= 11 is 1.33. The molecule has 0 bridgehead atoms. The Hall–Kier alpha value is -1.86. The van der Waals surface area contributed by atoms with Crippen LogP contribution in [0, 0.1) is 24.0 Å². The van der Waals surface area contributed by atoms with Gasteiger partial charge in [0, 0.05) is 18.1 Å². The molecule has 0 fully saturated rings. The number of hydrogen-bond acceptors (Lipinski definition) is 5. The van der Waals surface area contributed by atoms with Crippen LogP contribution in [0.5, 0.6) is 0 Å². The molecule has 0 N–H and O–H groups in total. The van der Waals surface area contributed by atoms with Crippen LogP contribution >= 0.6 is 11.8 Å². The minimum Gasteiger partial charge on any atom is -0.258 e. The van der Waals surface area contributed by atoms with E-state index in [2.05, 4.69) is 6.07 Å². The number of thioether (sulfide) groups is 1. The van der Waals surface area contributed by atoms with Gasteiger partial charge >= 0.3 is 0 Å². The lowest BCUT2D eigenvalue weighted by Crippen LogP contribution is -2.00. The fourth-order valence-electron chi connectivity index (χ4n) is 2.10. The van der Waals surface area contributed by atoms with Crippen molar-refractivity contribution in [1.29, 1.82) is 0 Å². The van der Waals surface area contributed by atoms with Gasteiger partial charge in [-0.15, -0.1) is 11.8 Å². The van der Waals surface area contributed by atoms with Gasteiger partial charge in [0.15, 0.2) is 9.84 Å². The maximum absolute atomic E-state index is 11.6. The molecule has 23 heavy (non-hydrogen) atoms. The Morgan fingerprint density at radius 1 is 1.13 bits per heavy atom. The van der Waals surface area contributed by atoms with Gasteiger partial charge in [0.05, 0.1) is 14.7 Å². The maximum Gasteiger partial charge on any atom is 0.284 e. The average molecular weight is 351 g/mol. The predicted octanol–water partition coefficient (Wildman–Crippen LogP) is 3.91. The van der Waals surface area contributed by atoms with Crippen LogP contribution in [0.25, 0.3) is 0 Å². The van der Waals surface area contributed by atoms with Crippen LogP contribution < -0.4 is 0 Å². The lowest BCUT2D eigenvalue weighted by atomic mass is 10.1. The molecule has 0 aliphatic heterocycles. The fourth-order valence-corrected chi connectivity index (χ4v) is 3.81. The predicted molar refractivity (Wildman–Crippen MR) is 91.7 cm³/mol. The van der Waals surface area contributed by atoms with Crippen molar-refractivity contribution in [2.75, 3.05) is 6.26 Å². The summed E-state index contributed by atoms with van der Waals surface area (Å²) in [5, 5.41) is 11.2. The Kier molecular flexibility index (Phi) is 5.11. The highest BCUT2D eigenvalue weighted by atomic mass is 32.2. The molecule has 0 heterocycles. The van der Waals surface area contributed by atoms with Gasteiger partial charge in [-0.25, -0.2) is 8.42 Å². The number of nitro groups is 1. The average Bonchev–Trinajstić information content (AvgIpc) is 2.47. The molecule has 0 radical (unpaired) electrons. The molecular formula is C16H17NO4S2. The van der Waals surface area contributed by atoms with E-state index in [1.165, 1.54) is 23.9 Å². The summed E-state index contributed by atoms with van der Waals surface area (Å²) in [6, 6.07) is 10.1. The lowest BCUT2D eigenvalue weighted by molar-refractivity contribution is -0.388. The van der Waals surface area contributed by atoms with Gasteiger partial charge in [-0.1, -0.05) is 23.8 Å². The first-order chi connectivity index (χ1) is 10.7. The van der Waals surface area contributed by atoms with Crippen LogP contribution in [0.3, 0.4) is 0 Å². The Morgan fingerprint density at radius 3 is 2.43 bits per heavy atom. The fraction of sp³-hybridized carbons (Fsp3) is 0.250. The van der Waals surface area contributed by atoms with E-state index < -0.39 is 14.8 Å². The van der Waals surface area contributed by atoms with Gasteiger partial charge in [-0.3, -0.25) is 10.1 Å². The topological polar surface area (TPSA) is 77.3 Å². The number of nitrogens with zero attached hydrogens (tertiary/aromatic N) is 1. The molecule has 5 nitrogen and oxygen atoms in total. The molecule has 0 atom stereocenters. The van der Waals surface area contributed by atoms with E-state index in [4.69, 9.17) is 0 Å². The van der Waals surface area contributed by atoms with Crippen molar-refractivity contribution in [3.05, 3.63) is 63.2 Å². The van der Waals surface area contributed by atoms with E-state index in [1.54, 1.807) is 0 Å². The molecule has 0 saturated carbocycles. The largest absolute Gasteiger partial charge is 0.284 e. The van der Waals surface area contributed by atoms with Crippen LogP contribution in [-0.2, 0) is 15.6 Å². The van der Waals surface area contributed by atoms with E-state index in [9.17, 15) is 18.5 Å². The van der Waals surface area contributed by atoms with E-state index in [0.29, 0.717) is 10.6 Å². The summed E-state index contributed by atoms with van der Waals surface area (Å²) in [6.07, 6.45) is 1.04. The normalized spacial score (nSPS) is 11.4. The first kappa shape index (κ1) is 17.5. The standard InChI is InChI=1S/C16H17NO4S2/c1-11-4-5-12(2)13(8-11)10-22-16-7-6-14(23(3,20)21)9-15(16)17(18)19/h4-9H,10H2,1-3H3. The zero-order valence-electron chi connectivity index (χ0n) is 13.1. The maximum atomic E-state index is 11.6. The third-order valence-corrected chi connectivity index (χ3v) is 5.66. The minimum atomic E-state index is -3.47. The van der Waals surface area contributed by atoms with Crippen molar-refractivity contribution in [1.82, 2.24) is 0 Å². The van der Waals surface area contributed by atoms with Crippen LogP contribution in [0.15, 0.2) is 46.2 Å².